The van der Waals surface area contributed by atoms with Crippen molar-refractivity contribution in [3.63, 3.8) is 0 Å². The standard InChI is InChI=1S/C13H30N2/c1-6-8-9-13(7-2)11-14-10-12(3)15(4)5/h12-14H,6-11H2,1-5H3. The van der Waals surface area contributed by atoms with E-state index >= 15 is 0 Å². The van der Waals surface area contributed by atoms with Gasteiger partial charge in [-0.25, -0.2) is 0 Å². The number of nitrogens with one attached hydrogen (secondary N) is 1. The van der Waals surface area contributed by atoms with Crippen molar-refractivity contribution in [3.8, 4) is 0 Å². The van der Waals surface area contributed by atoms with Gasteiger partial charge in [-0.3, -0.25) is 0 Å². The van der Waals surface area contributed by atoms with Gasteiger partial charge in [0, 0.05) is 12.6 Å². The van der Waals surface area contributed by atoms with Crippen LogP contribution >= 0.6 is 0 Å². The zero-order valence-electron chi connectivity index (χ0n) is 11.3. The average molecular weight is 214 g/mol. The van der Waals surface area contributed by atoms with Crippen molar-refractivity contribution in [2.45, 2.75) is 52.5 Å². The van der Waals surface area contributed by atoms with E-state index in [0.717, 1.165) is 12.5 Å². The van der Waals surface area contributed by atoms with Crippen LogP contribution in [-0.2, 0) is 0 Å². The van der Waals surface area contributed by atoms with Gasteiger partial charge in [-0.2, -0.15) is 0 Å². The molecule has 0 aliphatic rings. The molecule has 0 aliphatic carbocycles. The van der Waals surface area contributed by atoms with Crippen LogP contribution in [0.2, 0.25) is 0 Å². The molecule has 0 amide bonds. The molecule has 0 aromatic rings. The van der Waals surface area contributed by atoms with Crippen molar-refractivity contribution >= 4 is 0 Å². The van der Waals surface area contributed by atoms with Gasteiger partial charge in [-0.05, 0) is 39.9 Å². The molecule has 2 heteroatoms. The molecule has 0 fully saturated rings. The maximum Gasteiger partial charge on any atom is 0.0186 e. The fraction of sp³-hybridized carbons (Fsp3) is 1.00. The Morgan fingerprint density at radius 1 is 1.13 bits per heavy atom. The van der Waals surface area contributed by atoms with Crippen LogP contribution in [-0.4, -0.2) is 38.1 Å². The van der Waals surface area contributed by atoms with Gasteiger partial charge in [0.15, 0.2) is 0 Å². The summed E-state index contributed by atoms with van der Waals surface area (Å²) >= 11 is 0. The van der Waals surface area contributed by atoms with E-state index in [1.807, 2.05) is 0 Å². The maximum atomic E-state index is 3.58. The van der Waals surface area contributed by atoms with Gasteiger partial charge in [0.05, 0.1) is 0 Å². The lowest BCUT2D eigenvalue weighted by atomic mass is 9.99. The van der Waals surface area contributed by atoms with Gasteiger partial charge >= 0.3 is 0 Å². The summed E-state index contributed by atoms with van der Waals surface area (Å²) in [4.78, 5) is 2.26. The summed E-state index contributed by atoms with van der Waals surface area (Å²) in [5.74, 6) is 0.874. The third-order valence-electron chi connectivity index (χ3n) is 3.30. The van der Waals surface area contributed by atoms with Crippen molar-refractivity contribution in [1.82, 2.24) is 10.2 Å². The molecule has 0 radical (unpaired) electrons. The predicted molar refractivity (Wildman–Crippen MR) is 69.3 cm³/mol. The molecule has 2 unspecified atom stereocenters. The molecule has 0 heterocycles. The molecule has 2 atom stereocenters. The maximum absolute atomic E-state index is 3.58. The minimum absolute atomic E-state index is 0.633. The Morgan fingerprint density at radius 3 is 2.27 bits per heavy atom. The van der Waals surface area contributed by atoms with Crippen LogP contribution in [0.1, 0.15) is 46.5 Å². The summed E-state index contributed by atoms with van der Waals surface area (Å²) < 4.78 is 0. The first-order valence-electron chi connectivity index (χ1n) is 6.48. The molecule has 0 bridgehead atoms. The Kier molecular flexibility index (Phi) is 9.12. The van der Waals surface area contributed by atoms with Crippen LogP contribution in [0.25, 0.3) is 0 Å². The minimum Gasteiger partial charge on any atom is -0.315 e. The number of hydrogen-bond acceptors (Lipinski definition) is 2. The third-order valence-corrected chi connectivity index (χ3v) is 3.30. The van der Waals surface area contributed by atoms with Crippen LogP contribution < -0.4 is 5.32 Å². The Labute approximate surface area is 96.4 Å². The van der Waals surface area contributed by atoms with E-state index < -0.39 is 0 Å². The Morgan fingerprint density at radius 2 is 1.80 bits per heavy atom. The zero-order chi connectivity index (χ0) is 11.7. The van der Waals surface area contributed by atoms with E-state index in [-0.39, 0.29) is 0 Å². The second-order valence-electron chi connectivity index (χ2n) is 4.89. The minimum atomic E-state index is 0.633. The van der Waals surface area contributed by atoms with Crippen LogP contribution in [0.15, 0.2) is 0 Å². The van der Waals surface area contributed by atoms with Crippen LogP contribution in [0.3, 0.4) is 0 Å². The lowest BCUT2D eigenvalue weighted by molar-refractivity contribution is 0.294. The Hall–Kier alpha value is -0.0800. The van der Waals surface area contributed by atoms with Crippen molar-refractivity contribution < 1.29 is 0 Å². The van der Waals surface area contributed by atoms with Crippen molar-refractivity contribution in [2.24, 2.45) is 5.92 Å². The first kappa shape index (κ1) is 14.9. The van der Waals surface area contributed by atoms with Gasteiger partial charge in [0.25, 0.3) is 0 Å². The number of hydrogen-bond donors (Lipinski definition) is 1. The highest BCUT2D eigenvalue weighted by molar-refractivity contribution is 4.66. The van der Waals surface area contributed by atoms with E-state index in [0.29, 0.717) is 6.04 Å². The molecule has 2 nitrogen and oxygen atoms in total. The molecule has 0 saturated heterocycles. The number of likely N-dealkylation sites (N-methyl/N-ethyl adjacent to an activating group) is 1. The first-order valence-corrected chi connectivity index (χ1v) is 6.48. The number of unbranched alkanes of at least 4 members (excludes halogenated alkanes) is 1. The van der Waals surface area contributed by atoms with Crippen molar-refractivity contribution in [3.05, 3.63) is 0 Å². The summed E-state index contributed by atoms with van der Waals surface area (Å²) in [6.07, 6.45) is 5.40. The van der Waals surface area contributed by atoms with Gasteiger partial charge < -0.3 is 10.2 Å². The lowest BCUT2D eigenvalue weighted by Gasteiger charge is -2.22. The average Bonchev–Trinajstić information content (AvgIpc) is 2.22. The van der Waals surface area contributed by atoms with E-state index in [1.54, 1.807) is 0 Å². The van der Waals surface area contributed by atoms with E-state index in [4.69, 9.17) is 0 Å². The zero-order valence-corrected chi connectivity index (χ0v) is 11.3. The third kappa shape index (κ3) is 7.80. The fourth-order valence-corrected chi connectivity index (χ4v) is 1.62. The molecule has 0 aromatic heterocycles. The second-order valence-corrected chi connectivity index (χ2v) is 4.89. The van der Waals surface area contributed by atoms with Gasteiger partial charge in [0.1, 0.15) is 0 Å². The highest BCUT2D eigenvalue weighted by Crippen LogP contribution is 2.11. The van der Waals surface area contributed by atoms with Crippen LogP contribution in [0.4, 0.5) is 0 Å². The quantitative estimate of drug-likeness (QED) is 0.635. The Bertz CT molecular complexity index is 134. The fourth-order valence-electron chi connectivity index (χ4n) is 1.62. The molecule has 0 aromatic carbocycles. The van der Waals surface area contributed by atoms with Crippen LogP contribution in [0, 0.1) is 5.92 Å². The molecule has 0 aliphatic heterocycles. The summed E-state index contributed by atoms with van der Waals surface area (Å²) in [6, 6.07) is 0.633. The molecular formula is C13H30N2. The largest absolute Gasteiger partial charge is 0.315 e. The SMILES string of the molecule is CCCCC(CC)CNCC(C)N(C)C. The number of nitrogens with zero attached hydrogens (tertiary/aromatic N) is 1. The monoisotopic (exact) mass is 214 g/mol. The van der Waals surface area contributed by atoms with E-state index in [9.17, 15) is 0 Å². The Balaban J connectivity index is 3.53. The van der Waals surface area contributed by atoms with E-state index in [2.05, 4.69) is 45.1 Å². The normalized spacial score (nSPS) is 15.6. The lowest BCUT2D eigenvalue weighted by Crippen LogP contribution is -2.37. The first-order chi connectivity index (χ1) is 7.11. The molecule has 0 rings (SSSR count). The van der Waals surface area contributed by atoms with Crippen molar-refractivity contribution in [2.75, 3.05) is 27.2 Å². The predicted octanol–water partition coefficient (Wildman–Crippen LogP) is 2.74. The topological polar surface area (TPSA) is 15.3 Å². The summed E-state index contributed by atoms with van der Waals surface area (Å²) in [6.45, 7) is 9.13. The summed E-state index contributed by atoms with van der Waals surface area (Å²) in [7, 11) is 4.28. The molecule has 92 valence electrons. The van der Waals surface area contributed by atoms with Crippen molar-refractivity contribution in [1.29, 1.82) is 0 Å². The summed E-state index contributed by atoms with van der Waals surface area (Å²) in [5, 5.41) is 3.58. The van der Waals surface area contributed by atoms with E-state index in [1.165, 1.54) is 32.2 Å². The van der Waals surface area contributed by atoms with Gasteiger partial charge in [0.2, 0.25) is 0 Å². The molecular weight excluding hydrogens is 184 g/mol. The second kappa shape index (κ2) is 9.17. The van der Waals surface area contributed by atoms with Gasteiger partial charge in [-0.15, -0.1) is 0 Å². The summed E-state index contributed by atoms with van der Waals surface area (Å²) in [5.41, 5.74) is 0. The molecule has 15 heavy (non-hydrogen) atoms. The van der Waals surface area contributed by atoms with Crippen LogP contribution in [0.5, 0.6) is 0 Å². The highest BCUT2D eigenvalue weighted by atomic mass is 15.1. The molecule has 1 N–H and O–H groups in total. The smallest absolute Gasteiger partial charge is 0.0186 e. The molecule has 0 saturated carbocycles. The van der Waals surface area contributed by atoms with Gasteiger partial charge in [-0.1, -0.05) is 33.1 Å². The molecule has 0 spiro atoms. The number of rotatable bonds is 9. The highest BCUT2D eigenvalue weighted by Gasteiger charge is 2.07.